The van der Waals surface area contributed by atoms with Crippen molar-refractivity contribution < 1.29 is 0 Å². The summed E-state index contributed by atoms with van der Waals surface area (Å²) in [4.78, 5) is 2.81. The second-order valence-corrected chi connectivity index (χ2v) is 11.3. The molecule has 34 heavy (non-hydrogen) atoms. The van der Waals surface area contributed by atoms with Gasteiger partial charge in [0.15, 0.2) is 0 Å². The molecule has 3 aromatic carbocycles. The minimum absolute atomic E-state index is 0.361. The first kappa shape index (κ1) is 21.7. The van der Waals surface area contributed by atoms with Gasteiger partial charge in [0.2, 0.25) is 0 Å². The normalized spacial score (nSPS) is 22.4. The number of anilines is 1. The highest BCUT2D eigenvalue weighted by molar-refractivity contribution is 5.86. The molecule has 0 saturated carbocycles. The van der Waals surface area contributed by atoms with E-state index in [2.05, 4.69) is 100 Å². The molecule has 2 unspecified atom stereocenters. The van der Waals surface area contributed by atoms with Crippen LogP contribution in [0.15, 0.2) is 60.7 Å². The predicted molar refractivity (Wildman–Crippen MR) is 146 cm³/mol. The fourth-order valence-electron chi connectivity index (χ4n) is 7.02. The van der Waals surface area contributed by atoms with Gasteiger partial charge in [-0.15, -0.1) is 0 Å². The van der Waals surface area contributed by atoms with E-state index in [1.54, 1.807) is 16.7 Å². The van der Waals surface area contributed by atoms with Crippen molar-refractivity contribution in [2.24, 2.45) is 5.92 Å². The zero-order valence-corrected chi connectivity index (χ0v) is 21.4. The van der Waals surface area contributed by atoms with Crippen molar-refractivity contribution in [2.75, 3.05) is 4.90 Å². The maximum Gasteiger partial charge on any atom is 0.0739 e. The largest absolute Gasteiger partial charge is 0.357 e. The molecular formula is C33H37N. The molecule has 0 bridgehead atoms. The summed E-state index contributed by atoms with van der Waals surface area (Å²) >= 11 is 0. The van der Waals surface area contributed by atoms with E-state index in [-0.39, 0.29) is 0 Å². The third kappa shape index (κ3) is 3.35. The van der Waals surface area contributed by atoms with E-state index in [0.29, 0.717) is 23.9 Å². The van der Waals surface area contributed by atoms with Gasteiger partial charge < -0.3 is 4.90 Å². The van der Waals surface area contributed by atoms with Crippen molar-refractivity contribution >= 4 is 11.3 Å². The summed E-state index contributed by atoms with van der Waals surface area (Å²) < 4.78 is 0. The summed E-state index contributed by atoms with van der Waals surface area (Å²) in [6, 6.07) is 22.1. The molecule has 0 amide bonds. The Kier molecular flexibility index (Phi) is 5.21. The predicted octanol–water partition coefficient (Wildman–Crippen LogP) is 8.78. The lowest BCUT2D eigenvalue weighted by Crippen LogP contribution is -2.46. The van der Waals surface area contributed by atoms with Crippen LogP contribution in [0.2, 0.25) is 0 Å². The van der Waals surface area contributed by atoms with Crippen LogP contribution < -0.4 is 4.90 Å². The number of benzene rings is 3. The Morgan fingerprint density at radius 1 is 0.912 bits per heavy atom. The van der Waals surface area contributed by atoms with Crippen molar-refractivity contribution in [3.8, 4) is 11.1 Å². The van der Waals surface area contributed by atoms with Gasteiger partial charge in [-0.25, -0.2) is 0 Å². The molecule has 3 aromatic rings. The van der Waals surface area contributed by atoms with E-state index >= 15 is 0 Å². The first-order chi connectivity index (χ1) is 16.4. The standard InChI is InChI=1S/C33H37N/c1-6-30-27-13-11-25-16-22(5)17-29(33(25)27)32-19-26(15-20(2)3)28-18-24(12-14-31(28)34(30)32)23-9-7-21(4)8-10-23/h7-10,12,14,16-20,27,30,32H,6,11,13,15H2,1-5H3/t27-,30?,32?/m0/s1. The molecule has 1 aliphatic carbocycles. The first-order valence-corrected chi connectivity index (χ1v) is 13.3. The average molecular weight is 448 g/mol. The number of allylic oxidation sites excluding steroid dienone is 1. The minimum Gasteiger partial charge on any atom is -0.357 e. The maximum atomic E-state index is 2.81. The molecule has 2 aliphatic heterocycles. The lowest BCUT2D eigenvalue weighted by Gasteiger charge is -2.50. The highest BCUT2D eigenvalue weighted by atomic mass is 15.2. The summed E-state index contributed by atoms with van der Waals surface area (Å²) in [5.74, 6) is 1.30. The summed E-state index contributed by atoms with van der Waals surface area (Å²) in [5, 5.41) is 0. The van der Waals surface area contributed by atoms with E-state index in [4.69, 9.17) is 0 Å². The zero-order chi connectivity index (χ0) is 23.6. The van der Waals surface area contributed by atoms with Gasteiger partial charge in [-0.1, -0.05) is 80.4 Å². The lowest BCUT2D eigenvalue weighted by atomic mass is 9.75. The summed E-state index contributed by atoms with van der Waals surface area (Å²) in [6.45, 7) is 11.5. The number of fused-ring (bicyclic) bond motifs is 4. The van der Waals surface area contributed by atoms with Crippen LogP contribution in [0.1, 0.15) is 85.4 Å². The Balaban J connectivity index is 1.55. The molecule has 3 aliphatic rings. The van der Waals surface area contributed by atoms with Gasteiger partial charge in [0, 0.05) is 23.2 Å². The Hall–Kier alpha value is -2.80. The van der Waals surface area contributed by atoms with E-state index in [9.17, 15) is 0 Å². The van der Waals surface area contributed by atoms with Crippen LogP contribution in [0.3, 0.4) is 0 Å². The first-order valence-electron chi connectivity index (χ1n) is 13.3. The molecular weight excluding hydrogens is 410 g/mol. The van der Waals surface area contributed by atoms with E-state index in [1.807, 2.05) is 0 Å². The molecule has 1 nitrogen and oxygen atoms in total. The fourth-order valence-corrected chi connectivity index (χ4v) is 7.02. The topological polar surface area (TPSA) is 3.24 Å². The van der Waals surface area contributed by atoms with Crippen LogP contribution >= 0.6 is 0 Å². The number of nitrogens with zero attached hydrogens (tertiary/aromatic N) is 1. The molecule has 0 fully saturated rings. The van der Waals surface area contributed by atoms with Crippen molar-refractivity contribution in [3.63, 3.8) is 0 Å². The number of hydrogen-bond donors (Lipinski definition) is 0. The molecule has 0 spiro atoms. The molecule has 1 heteroatoms. The van der Waals surface area contributed by atoms with E-state index in [0.717, 1.165) is 6.42 Å². The van der Waals surface area contributed by atoms with Crippen molar-refractivity contribution in [1.82, 2.24) is 0 Å². The zero-order valence-electron chi connectivity index (χ0n) is 21.4. The maximum absolute atomic E-state index is 2.81. The third-order valence-electron chi connectivity index (χ3n) is 8.39. The minimum atomic E-state index is 0.361. The van der Waals surface area contributed by atoms with Gasteiger partial charge in [0.05, 0.1) is 6.04 Å². The van der Waals surface area contributed by atoms with Crippen LogP contribution in [0.4, 0.5) is 5.69 Å². The highest BCUT2D eigenvalue weighted by Crippen LogP contribution is 2.55. The second-order valence-electron chi connectivity index (χ2n) is 11.3. The van der Waals surface area contributed by atoms with Crippen molar-refractivity contribution in [1.29, 1.82) is 0 Å². The number of hydrogen-bond acceptors (Lipinski definition) is 1. The Bertz CT molecular complexity index is 1280. The average Bonchev–Trinajstić information content (AvgIpc) is 3.23. The van der Waals surface area contributed by atoms with Gasteiger partial charge in [-0.05, 0) is 91.0 Å². The quantitative estimate of drug-likeness (QED) is 0.386. The highest BCUT2D eigenvalue weighted by Gasteiger charge is 2.45. The molecule has 6 rings (SSSR count). The van der Waals surface area contributed by atoms with Gasteiger partial charge >= 0.3 is 0 Å². The van der Waals surface area contributed by atoms with Crippen LogP contribution in [-0.2, 0) is 6.42 Å². The summed E-state index contributed by atoms with van der Waals surface area (Å²) in [5.41, 5.74) is 14.7. The van der Waals surface area contributed by atoms with Gasteiger partial charge in [-0.3, -0.25) is 0 Å². The summed E-state index contributed by atoms with van der Waals surface area (Å²) in [6.07, 6.45) is 7.50. The molecule has 0 N–H and O–H groups in total. The molecule has 0 aromatic heterocycles. The van der Waals surface area contributed by atoms with Crippen LogP contribution in [0.5, 0.6) is 0 Å². The molecule has 0 saturated heterocycles. The van der Waals surface area contributed by atoms with Gasteiger partial charge in [0.25, 0.3) is 0 Å². The molecule has 3 atom stereocenters. The SMILES string of the molecule is CCC1[C@@H]2CCc3cc(C)cc(c32)C2C=C(CC(C)C)c3cc(-c4ccc(C)cc4)ccc3N21. The van der Waals surface area contributed by atoms with Gasteiger partial charge in [0.1, 0.15) is 0 Å². The van der Waals surface area contributed by atoms with E-state index < -0.39 is 0 Å². The van der Waals surface area contributed by atoms with Gasteiger partial charge in [-0.2, -0.15) is 0 Å². The number of rotatable bonds is 4. The molecule has 2 heterocycles. The Labute approximate surface area is 205 Å². The Morgan fingerprint density at radius 2 is 1.68 bits per heavy atom. The summed E-state index contributed by atoms with van der Waals surface area (Å²) in [7, 11) is 0. The Morgan fingerprint density at radius 3 is 2.41 bits per heavy atom. The van der Waals surface area contributed by atoms with Crippen LogP contribution in [0, 0.1) is 19.8 Å². The van der Waals surface area contributed by atoms with Crippen LogP contribution in [0.25, 0.3) is 16.7 Å². The second kappa shape index (κ2) is 8.15. The van der Waals surface area contributed by atoms with Crippen molar-refractivity contribution in [3.05, 3.63) is 94.1 Å². The smallest absolute Gasteiger partial charge is 0.0739 e. The molecule has 174 valence electrons. The number of aryl methyl sites for hydroxylation is 3. The van der Waals surface area contributed by atoms with Crippen molar-refractivity contribution in [2.45, 2.75) is 78.3 Å². The monoisotopic (exact) mass is 447 g/mol. The molecule has 0 radical (unpaired) electrons. The lowest BCUT2D eigenvalue weighted by molar-refractivity contribution is 0.425. The fraction of sp³-hybridized carbons (Fsp3) is 0.394. The third-order valence-corrected chi connectivity index (χ3v) is 8.39. The van der Waals surface area contributed by atoms with E-state index in [1.165, 1.54) is 58.3 Å². The van der Waals surface area contributed by atoms with Crippen LogP contribution in [-0.4, -0.2) is 6.04 Å².